The molecule has 2 amide bonds. The summed E-state index contributed by atoms with van der Waals surface area (Å²) in [6.07, 6.45) is 1.47. The molecular formula is C11H16N4O2. The Labute approximate surface area is 99.6 Å². The second-order valence-corrected chi connectivity index (χ2v) is 3.55. The summed E-state index contributed by atoms with van der Waals surface area (Å²) in [5, 5.41) is 5.66. The van der Waals surface area contributed by atoms with Crippen LogP contribution in [0.4, 0.5) is 5.69 Å². The molecule has 0 saturated carbocycles. The minimum absolute atomic E-state index is 0.107. The molecule has 17 heavy (non-hydrogen) atoms. The zero-order chi connectivity index (χ0) is 12.8. The molecule has 1 unspecified atom stereocenters. The van der Waals surface area contributed by atoms with Gasteiger partial charge in [-0.05, 0) is 26.0 Å². The van der Waals surface area contributed by atoms with Crippen LogP contribution < -0.4 is 16.4 Å². The second kappa shape index (κ2) is 5.83. The molecule has 0 aromatic carbocycles. The Morgan fingerprint density at radius 2 is 2.24 bits per heavy atom. The van der Waals surface area contributed by atoms with E-state index in [0.29, 0.717) is 12.2 Å². The molecule has 4 N–H and O–H groups in total. The number of likely N-dealkylation sites (N-methyl/N-ethyl adjacent to an activating group) is 1. The van der Waals surface area contributed by atoms with E-state index in [0.717, 1.165) is 0 Å². The van der Waals surface area contributed by atoms with E-state index in [-0.39, 0.29) is 11.6 Å². The molecule has 1 heterocycles. The van der Waals surface area contributed by atoms with Crippen LogP contribution in [0.5, 0.6) is 0 Å². The van der Waals surface area contributed by atoms with Gasteiger partial charge >= 0.3 is 0 Å². The highest BCUT2D eigenvalue weighted by atomic mass is 16.2. The molecule has 0 spiro atoms. The normalized spacial score (nSPS) is 11.6. The highest BCUT2D eigenvalue weighted by Gasteiger charge is 2.12. The molecule has 1 atom stereocenters. The third-order valence-electron chi connectivity index (χ3n) is 2.14. The van der Waals surface area contributed by atoms with E-state index in [2.05, 4.69) is 15.6 Å². The number of hydrogen-bond donors (Lipinski definition) is 3. The van der Waals surface area contributed by atoms with Gasteiger partial charge in [-0.25, -0.2) is 0 Å². The fourth-order valence-electron chi connectivity index (χ4n) is 1.30. The van der Waals surface area contributed by atoms with E-state index >= 15 is 0 Å². The molecule has 0 radical (unpaired) electrons. The van der Waals surface area contributed by atoms with Crippen LogP contribution in [0.2, 0.25) is 0 Å². The van der Waals surface area contributed by atoms with Crippen LogP contribution >= 0.6 is 0 Å². The fraction of sp³-hybridized carbons (Fsp3) is 0.364. The number of hydrogen-bond acceptors (Lipinski definition) is 4. The summed E-state index contributed by atoms with van der Waals surface area (Å²) in [4.78, 5) is 26.2. The Morgan fingerprint density at radius 3 is 2.82 bits per heavy atom. The maximum atomic E-state index is 11.5. The van der Waals surface area contributed by atoms with Gasteiger partial charge in [0.15, 0.2) is 0 Å². The zero-order valence-corrected chi connectivity index (χ0v) is 9.86. The number of nitrogens with zero attached hydrogens (tertiary/aromatic N) is 1. The molecule has 0 saturated heterocycles. The molecule has 0 aliphatic carbocycles. The Kier molecular flexibility index (Phi) is 4.45. The number of amides is 2. The number of aromatic nitrogens is 1. The Morgan fingerprint density at radius 1 is 1.53 bits per heavy atom. The van der Waals surface area contributed by atoms with Gasteiger partial charge < -0.3 is 16.4 Å². The lowest BCUT2D eigenvalue weighted by Gasteiger charge is -2.14. The molecular weight excluding hydrogens is 220 g/mol. The molecule has 0 aliphatic heterocycles. The summed E-state index contributed by atoms with van der Waals surface area (Å²) >= 11 is 0. The van der Waals surface area contributed by atoms with E-state index in [4.69, 9.17) is 5.73 Å². The van der Waals surface area contributed by atoms with E-state index in [1.807, 2.05) is 6.92 Å². The molecule has 0 fully saturated rings. The fourth-order valence-corrected chi connectivity index (χ4v) is 1.30. The molecule has 92 valence electrons. The molecule has 1 rings (SSSR count). The van der Waals surface area contributed by atoms with Crippen LogP contribution in [0.25, 0.3) is 0 Å². The van der Waals surface area contributed by atoms with Crippen molar-refractivity contribution in [1.29, 1.82) is 0 Å². The SMILES string of the molecule is CCNC(=O)C(C)Nc1ccnc(C(N)=O)c1. The first-order valence-electron chi connectivity index (χ1n) is 5.34. The minimum Gasteiger partial charge on any atom is -0.374 e. The largest absolute Gasteiger partial charge is 0.374 e. The van der Waals surface area contributed by atoms with Gasteiger partial charge in [0.2, 0.25) is 5.91 Å². The van der Waals surface area contributed by atoms with Gasteiger partial charge in [0.1, 0.15) is 11.7 Å². The standard InChI is InChI=1S/C11H16N4O2/c1-3-13-11(17)7(2)15-8-4-5-14-9(6-8)10(12)16/h4-7H,3H2,1-2H3,(H2,12,16)(H,13,17)(H,14,15). The van der Waals surface area contributed by atoms with Crippen molar-refractivity contribution in [2.75, 3.05) is 11.9 Å². The number of primary amides is 1. The Hall–Kier alpha value is -2.11. The van der Waals surface area contributed by atoms with Gasteiger partial charge in [-0.1, -0.05) is 0 Å². The van der Waals surface area contributed by atoms with Crippen molar-refractivity contribution in [3.8, 4) is 0 Å². The van der Waals surface area contributed by atoms with E-state index in [1.54, 1.807) is 13.0 Å². The van der Waals surface area contributed by atoms with E-state index in [9.17, 15) is 9.59 Å². The second-order valence-electron chi connectivity index (χ2n) is 3.55. The Balaban J connectivity index is 2.71. The summed E-state index contributed by atoms with van der Waals surface area (Å²) in [7, 11) is 0. The van der Waals surface area contributed by atoms with Crippen molar-refractivity contribution in [1.82, 2.24) is 10.3 Å². The average molecular weight is 236 g/mol. The predicted molar refractivity (Wildman–Crippen MR) is 64.5 cm³/mol. The van der Waals surface area contributed by atoms with Crippen molar-refractivity contribution >= 4 is 17.5 Å². The van der Waals surface area contributed by atoms with Crippen molar-refractivity contribution in [3.63, 3.8) is 0 Å². The molecule has 6 heteroatoms. The van der Waals surface area contributed by atoms with Gasteiger partial charge in [0, 0.05) is 18.4 Å². The quantitative estimate of drug-likeness (QED) is 0.676. The number of pyridine rings is 1. The molecule has 6 nitrogen and oxygen atoms in total. The van der Waals surface area contributed by atoms with Crippen LogP contribution in [0, 0.1) is 0 Å². The Bertz CT molecular complexity index is 420. The van der Waals surface area contributed by atoms with E-state index in [1.165, 1.54) is 12.3 Å². The lowest BCUT2D eigenvalue weighted by atomic mass is 10.2. The first-order valence-corrected chi connectivity index (χ1v) is 5.34. The summed E-state index contributed by atoms with van der Waals surface area (Å²) < 4.78 is 0. The van der Waals surface area contributed by atoms with Crippen LogP contribution in [0.3, 0.4) is 0 Å². The molecule has 0 aliphatic rings. The number of anilines is 1. The predicted octanol–water partition coefficient (Wildman–Crippen LogP) is 0.117. The molecule has 1 aromatic rings. The summed E-state index contributed by atoms with van der Waals surface area (Å²) in [5.74, 6) is -0.704. The van der Waals surface area contributed by atoms with Gasteiger partial charge in [0.05, 0.1) is 0 Å². The van der Waals surface area contributed by atoms with Gasteiger partial charge in [-0.3, -0.25) is 14.6 Å². The van der Waals surface area contributed by atoms with Crippen molar-refractivity contribution < 1.29 is 9.59 Å². The highest BCUT2D eigenvalue weighted by Crippen LogP contribution is 2.09. The maximum absolute atomic E-state index is 11.5. The van der Waals surface area contributed by atoms with Gasteiger partial charge in [0.25, 0.3) is 5.91 Å². The number of carbonyl (C=O) groups is 2. The van der Waals surface area contributed by atoms with Crippen molar-refractivity contribution in [2.24, 2.45) is 5.73 Å². The monoisotopic (exact) mass is 236 g/mol. The van der Waals surface area contributed by atoms with Crippen molar-refractivity contribution in [2.45, 2.75) is 19.9 Å². The van der Waals surface area contributed by atoms with Crippen LogP contribution in [-0.4, -0.2) is 29.4 Å². The van der Waals surface area contributed by atoms with Crippen LogP contribution in [-0.2, 0) is 4.79 Å². The van der Waals surface area contributed by atoms with Gasteiger partial charge in [-0.15, -0.1) is 0 Å². The topological polar surface area (TPSA) is 97.1 Å². The lowest BCUT2D eigenvalue weighted by Crippen LogP contribution is -2.37. The third-order valence-corrected chi connectivity index (χ3v) is 2.14. The highest BCUT2D eigenvalue weighted by molar-refractivity contribution is 5.92. The number of nitrogens with two attached hydrogens (primary N) is 1. The van der Waals surface area contributed by atoms with Crippen LogP contribution in [0.15, 0.2) is 18.3 Å². The lowest BCUT2D eigenvalue weighted by molar-refractivity contribution is -0.121. The van der Waals surface area contributed by atoms with Crippen LogP contribution in [0.1, 0.15) is 24.3 Å². The number of nitrogens with one attached hydrogen (secondary N) is 2. The summed E-state index contributed by atoms with van der Waals surface area (Å²) in [5.41, 5.74) is 5.91. The average Bonchev–Trinajstić information content (AvgIpc) is 2.29. The summed E-state index contributed by atoms with van der Waals surface area (Å²) in [6.45, 7) is 4.16. The first-order chi connectivity index (χ1) is 8.04. The van der Waals surface area contributed by atoms with Crippen molar-refractivity contribution in [3.05, 3.63) is 24.0 Å². The smallest absolute Gasteiger partial charge is 0.267 e. The maximum Gasteiger partial charge on any atom is 0.267 e. The van der Waals surface area contributed by atoms with E-state index < -0.39 is 11.9 Å². The first kappa shape index (κ1) is 13.0. The zero-order valence-electron chi connectivity index (χ0n) is 9.86. The minimum atomic E-state index is -0.598. The molecule has 1 aromatic heterocycles. The molecule has 0 bridgehead atoms. The van der Waals surface area contributed by atoms with Gasteiger partial charge in [-0.2, -0.15) is 0 Å². The number of rotatable bonds is 5. The number of carbonyl (C=O) groups excluding carboxylic acids is 2. The third kappa shape index (κ3) is 3.75. The summed E-state index contributed by atoms with van der Waals surface area (Å²) in [6, 6.07) is 2.79.